The summed E-state index contributed by atoms with van der Waals surface area (Å²) in [5, 5.41) is 7.47. The molecule has 0 bridgehead atoms. The van der Waals surface area contributed by atoms with Crippen LogP contribution in [0.4, 0.5) is 0 Å². The zero-order chi connectivity index (χ0) is 8.93. The first-order valence-electron chi connectivity index (χ1n) is 4.04. The quantitative estimate of drug-likeness (QED) is 0.809. The minimum atomic E-state index is 0.732. The van der Waals surface area contributed by atoms with E-state index in [1.165, 1.54) is 12.0 Å². The predicted octanol–water partition coefficient (Wildman–Crippen LogP) is 2.03. The SMILES string of the molecule is c1ncc(CNCc2ccsc2)o1. The van der Waals surface area contributed by atoms with E-state index in [1.54, 1.807) is 17.5 Å². The average Bonchev–Trinajstić information content (AvgIpc) is 2.75. The molecule has 2 aromatic heterocycles. The highest BCUT2D eigenvalue weighted by molar-refractivity contribution is 7.07. The molecule has 0 aliphatic carbocycles. The number of nitrogens with zero attached hydrogens (tertiary/aromatic N) is 1. The highest BCUT2D eigenvalue weighted by atomic mass is 32.1. The monoisotopic (exact) mass is 194 g/mol. The number of hydrogen-bond acceptors (Lipinski definition) is 4. The molecule has 0 spiro atoms. The van der Waals surface area contributed by atoms with Gasteiger partial charge in [-0.1, -0.05) is 0 Å². The summed E-state index contributed by atoms with van der Waals surface area (Å²) in [6.07, 6.45) is 3.17. The third-order valence-corrected chi connectivity index (χ3v) is 2.42. The van der Waals surface area contributed by atoms with Gasteiger partial charge in [-0.05, 0) is 22.4 Å². The largest absolute Gasteiger partial charge is 0.447 e. The maximum absolute atomic E-state index is 5.08. The van der Waals surface area contributed by atoms with Crippen LogP contribution in [-0.2, 0) is 13.1 Å². The van der Waals surface area contributed by atoms with Crippen molar-refractivity contribution in [2.45, 2.75) is 13.1 Å². The van der Waals surface area contributed by atoms with Crippen molar-refractivity contribution in [3.63, 3.8) is 0 Å². The van der Waals surface area contributed by atoms with Crippen LogP contribution in [0.2, 0.25) is 0 Å². The molecule has 0 aliphatic heterocycles. The topological polar surface area (TPSA) is 38.1 Å². The zero-order valence-electron chi connectivity index (χ0n) is 7.06. The van der Waals surface area contributed by atoms with E-state index in [2.05, 4.69) is 27.1 Å². The molecule has 4 heteroatoms. The lowest BCUT2D eigenvalue weighted by Gasteiger charge is -1.98. The van der Waals surface area contributed by atoms with Gasteiger partial charge in [0.2, 0.25) is 0 Å². The molecule has 1 N–H and O–H groups in total. The van der Waals surface area contributed by atoms with E-state index in [4.69, 9.17) is 4.42 Å². The van der Waals surface area contributed by atoms with Gasteiger partial charge in [0.1, 0.15) is 5.76 Å². The molecular weight excluding hydrogens is 184 g/mol. The van der Waals surface area contributed by atoms with Gasteiger partial charge in [0.25, 0.3) is 0 Å². The molecule has 0 aliphatic rings. The Kier molecular flexibility index (Phi) is 2.74. The number of thiophene rings is 1. The first-order valence-corrected chi connectivity index (χ1v) is 4.98. The van der Waals surface area contributed by atoms with Crippen molar-refractivity contribution in [3.05, 3.63) is 40.7 Å². The van der Waals surface area contributed by atoms with Crippen molar-refractivity contribution in [2.24, 2.45) is 0 Å². The van der Waals surface area contributed by atoms with Gasteiger partial charge in [0, 0.05) is 6.54 Å². The van der Waals surface area contributed by atoms with Crippen LogP contribution < -0.4 is 5.32 Å². The Balaban J connectivity index is 1.76. The Morgan fingerprint density at radius 1 is 1.46 bits per heavy atom. The van der Waals surface area contributed by atoms with E-state index in [0.717, 1.165) is 18.8 Å². The fraction of sp³-hybridized carbons (Fsp3) is 0.222. The summed E-state index contributed by atoms with van der Waals surface area (Å²) in [5.74, 6) is 0.871. The van der Waals surface area contributed by atoms with Crippen molar-refractivity contribution in [1.29, 1.82) is 0 Å². The van der Waals surface area contributed by atoms with Gasteiger partial charge in [-0.15, -0.1) is 0 Å². The van der Waals surface area contributed by atoms with Crippen molar-refractivity contribution in [1.82, 2.24) is 10.3 Å². The van der Waals surface area contributed by atoms with Crippen LogP contribution >= 0.6 is 11.3 Å². The molecule has 0 fully saturated rings. The third-order valence-electron chi connectivity index (χ3n) is 1.69. The molecule has 0 saturated carbocycles. The maximum Gasteiger partial charge on any atom is 0.180 e. The number of nitrogens with one attached hydrogen (secondary N) is 1. The molecule has 13 heavy (non-hydrogen) atoms. The second kappa shape index (κ2) is 4.20. The maximum atomic E-state index is 5.08. The molecule has 0 amide bonds. The average molecular weight is 194 g/mol. The molecule has 0 atom stereocenters. The van der Waals surface area contributed by atoms with Gasteiger partial charge >= 0.3 is 0 Å². The Hall–Kier alpha value is -1.13. The van der Waals surface area contributed by atoms with Crippen LogP contribution in [0.1, 0.15) is 11.3 Å². The van der Waals surface area contributed by atoms with Crippen LogP contribution in [0.5, 0.6) is 0 Å². The van der Waals surface area contributed by atoms with E-state index in [-0.39, 0.29) is 0 Å². The van der Waals surface area contributed by atoms with E-state index in [0.29, 0.717) is 0 Å². The van der Waals surface area contributed by atoms with Crippen molar-refractivity contribution < 1.29 is 4.42 Å². The Morgan fingerprint density at radius 3 is 3.15 bits per heavy atom. The van der Waals surface area contributed by atoms with Crippen LogP contribution in [0, 0.1) is 0 Å². The molecule has 68 valence electrons. The molecule has 0 unspecified atom stereocenters. The lowest BCUT2D eigenvalue weighted by molar-refractivity contribution is 0.479. The fourth-order valence-electron chi connectivity index (χ4n) is 1.05. The smallest absolute Gasteiger partial charge is 0.180 e. The lowest BCUT2D eigenvalue weighted by atomic mass is 10.3. The Morgan fingerprint density at radius 2 is 2.46 bits per heavy atom. The third kappa shape index (κ3) is 2.40. The van der Waals surface area contributed by atoms with E-state index in [9.17, 15) is 0 Å². The van der Waals surface area contributed by atoms with Gasteiger partial charge in [0.15, 0.2) is 6.39 Å². The molecule has 0 radical (unpaired) electrons. The number of aromatic nitrogens is 1. The van der Waals surface area contributed by atoms with Gasteiger partial charge in [-0.3, -0.25) is 0 Å². The van der Waals surface area contributed by atoms with Gasteiger partial charge in [0.05, 0.1) is 12.7 Å². The summed E-state index contributed by atoms with van der Waals surface area (Å²) >= 11 is 1.71. The predicted molar refractivity (Wildman–Crippen MR) is 51.4 cm³/mol. The van der Waals surface area contributed by atoms with Crippen molar-refractivity contribution >= 4 is 11.3 Å². The molecule has 2 rings (SSSR count). The zero-order valence-corrected chi connectivity index (χ0v) is 7.88. The lowest BCUT2D eigenvalue weighted by Crippen LogP contribution is -2.11. The highest BCUT2D eigenvalue weighted by Gasteiger charge is 1.96. The van der Waals surface area contributed by atoms with Crippen LogP contribution in [-0.4, -0.2) is 4.98 Å². The summed E-state index contributed by atoms with van der Waals surface area (Å²) in [5.41, 5.74) is 1.31. The van der Waals surface area contributed by atoms with Crippen LogP contribution in [0.25, 0.3) is 0 Å². The normalized spacial score (nSPS) is 10.5. The second-order valence-electron chi connectivity index (χ2n) is 2.70. The minimum absolute atomic E-state index is 0.732. The van der Waals surface area contributed by atoms with Crippen molar-refractivity contribution in [3.8, 4) is 0 Å². The Labute approximate surface area is 80.4 Å². The van der Waals surface area contributed by atoms with E-state index < -0.39 is 0 Å². The van der Waals surface area contributed by atoms with Gasteiger partial charge in [-0.2, -0.15) is 11.3 Å². The molecule has 2 heterocycles. The summed E-state index contributed by atoms with van der Waals surface area (Å²) in [6, 6.07) is 2.11. The molecule has 3 nitrogen and oxygen atoms in total. The van der Waals surface area contributed by atoms with Crippen LogP contribution in [0.3, 0.4) is 0 Å². The number of rotatable bonds is 4. The van der Waals surface area contributed by atoms with E-state index in [1.807, 2.05) is 0 Å². The second-order valence-corrected chi connectivity index (χ2v) is 3.48. The van der Waals surface area contributed by atoms with Crippen LogP contribution in [0.15, 0.2) is 33.8 Å². The first-order chi connectivity index (χ1) is 6.45. The van der Waals surface area contributed by atoms with Gasteiger partial charge < -0.3 is 9.73 Å². The molecule has 0 saturated heterocycles. The molecular formula is C9H10N2OS. The highest BCUT2D eigenvalue weighted by Crippen LogP contribution is 2.05. The molecule has 2 aromatic rings. The first kappa shape index (κ1) is 8.47. The summed E-state index contributed by atoms with van der Waals surface area (Å²) in [6.45, 7) is 1.61. The summed E-state index contributed by atoms with van der Waals surface area (Å²) < 4.78 is 5.08. The summed E-state index contributed by atoms with van der Waals surface area (Å²) in [7, 11) is 0. The number of oxazole rings is 1. The Bertz CT molecular complexity index is 294. The minimum Gasteiger partial charge on any atom is -0.447 e. The molecule has 0 aromatic carbocycles. The summed E-state index contributed by atoms with van der Waals surface area (Å²) in [4.78, 5) is 3.83. The van der Waals surface area contributed by atoms with Crippen molar-refractivity contribution in [2.75, 3.05) is 0 Å². The number of hydrogen-bond donors (Lipinski definition) is 1. The van der Waals surface area contributed by atoms with E-state index >= 15 is 0 Å². The standard InChI is InChI=1S/C9H10N2OS/c1-2-13-6-8(1)3-10-4-9-5-11-7-12-9/h1-2,5-7,10H,3-4H2. The van der Waals surface area contributed by atoms with Gasteiger partial charge in [-0.25, -0.2) is 4.98 Å². The fourth-order valence-corrected chi connectivity index (χ4v) is 1.72.